The van der Waals surface area contributed by atoms with Gasteiger partial charge in [0.25, 0.3) is 0 Å². The molecule has 0 saturated carbocycles. The molecule has 2 aliphatic rings. The number of fused-ring (bicyclic) bond motifs is 1. The van der Waals surface area contributed by atoms with Crippen molar-refractivity contribution in [2.24, 2.45) is 5.73 Å². The Bertz CT molecular complexity index is 1020. The molecule has 0 unspecified atom stereocenters. The number of nitriles is 1. The minimum atomic E-state index is -0.389. The summed E-state index contributed by atoms with van der Waals surface area (Å²) in [7, 11) is 1.61. The lowest BCUT2D eigenvalue weighted by Gasteiger charge is -2.26. The molecule has 9 nitrogen and oxygen atoms in total. The Morgan fingerprint density at radius 3 is 2.84 bits per heavy atom. The number of aromatic amines is 1. The van der Waals surface area contributed by atoms with Gasteiger partial charge < -0.3 is 24.7 Å². The molecule has 0 aliphatic carbocycles. The van der Waals surface area contributed by atoms with Crippen LogP contribution in [0.4, 0.5) is 0 Å². The van der Waals surface area contributed by atoms with Gasteiger partial charge in [-0.05, 0) is 24.1 Å². The van der Waals surface area contributed by atoms with Crippen molar-refractivity contribution in [3.05, 3.63) is 46.5 Å². The van der Waals surface area contributed by atoms with Gasteiger partial charge in [0.2, 0.25) is 11.8 Å². The van der Waals surface area contributed by atoms with Gasteiger partial charge in [-0.25, -0.2) is 0 Å². The molecule has 1 fully saturated rings. The van der Waals surface area contributed by atoms with Crippen molar-refractivity contribution in [2.75, 3.05) is 46.6 Å². The summed E-state index contributed by atoms with van der Waals surface area (Å²) in [5.41, 5.74) is 9.08. The van der Waals surface area contributed by atoms with Gasteiger partial charge in [0.15, 0.2) is 11.5 Å². The van der Waals surface area contributed by atoms with E-state index in [0.717, 1.165) is 62.5 Å². The van der Waals surface area contributed by atoms with Crippen LogP contribution in [0.15, 0.2) is 29.7 Å². The quantitative estimate of drug-likeness (QED) is 0.643. The zero-order valence-corrected chi connectivity index (χ0v) is 18.5. The summed E-state index contributed by atoms with van der Waals surface area (Å²) in [6.07, 6.45) is 1.72. The molecule has 1 atom stereocenters. The number of H-pyrrole nitrogens is 1. The number of morpholine rings is 1. The number of aromatic nitrogens is 2. The molecular formula is C23H29N5O4. The van der Waals surface area contributed by atoms with Gasteiger partial charge in [-0.1, -0.05) is 19.4 Å². The monoisotopic (exact) mass is 439 g/mol. The number of aryl methyl sites for hydroxylation is 1. The summed E-state index contributed by atoms with van der Waals surface area (Å²) in [6, 6.07) is 7.95. The highest BCUT2D eigenvalue weighted by Gasteiger charge is 2.35. The number of allylic oxidation sites excluding steroid dienone is 1. The summed E-state index contributed by atoms with van der Waals surface area (Å²) in [5.74, 6) is 1.37. The van der Waals surface area contributed by atoms with E-state index >= 15 is 0 Å². The minimum Gasteiger partial charge on any atom is -0.493 e. The van der Waals surface area contributed by atoms with Gasteiger partial charge in [0.05, 0.1) is 26.2 Å². The SMILES string of the molecule is CCCc1[nH]nc2c1[C@@H](c1ccc(OCCN3CCOCC3)c(OC)c1)C(C#N)=C(N)O2. The number of ether oxygens (including phenoxy) is 4. The first kappa shape index (κ1) is 22.0. The Morgan fingerprint density at radius 1 is 1.31 bits per heavy atom. The van der Waals surface area contributed by atoms with Gasteiger partial charge in [-0.3, -0.25) is 10.00 Å². The number of hydrogen-bond acceptors (Lipinski definition) is 8. The van der Waals surface area contributed by atoms with Crippen molar-refractivity contribution in [3.63, 3.8) is 0 Å². The molecule has 0 bridgehead atoms. The van der Waals surface area contributed by atoms with Gasteiger partial charge in [-0.15, -0.1) is 5.10 Å². The highest BCUT2D eigenvalue weighted by Crippen LogP contribution is 2.44. The van der Waals surface area contributed by atoms with Crippen LogP contribution in [0, 0.1) is 11.3 Å². The second-order valence-corrected chi connectivity index (χ2v) is 7.81. The molecule has 0 radical (unpaired) electrons. The Morgan fingerprint density at radius 2 is 2.12 bits per heavy atom. The van der Waals surface area contributed by atoms with Gasteiger partial charge in [0, 0.05) is 30.9 Å². The van der Waals surface area contributed by atoms with E-state index in [1.807, 2.05) is 18.2 Å². The zero-order valence-electron chi connectivity index (χ0n) is 18.5. The third-order valence-electron chi connectivity index (χ3n) is 5.81. The van der Waals surface area contributed by atoms with Crippen LogP contribution in [-0.2, 0) is 11.2 Å². The third-order valence-corrected chi connectivity index (χ3v) is 5.81. The Kier molecular flexibility index (Phi) is 6.83. The van der Waals surface area contributed by atoms with E-state index in [9.17, 15) is 5.26 Å². The topological polar surface area (TPSA) is 119 Å². The Labute approximate surface area is 187 Å². The predicted molar refractivity (Wildman–Crippen MR) is 118 cm³/mol. The number of nitrogens with two attached hydrogens (primary N) is 1. The molecule has 32 heavy (non-hydrogen) atoms. The zero-order chi connectivity index (χ0) is 22.5. The molecule has 4 rings (SSSR count). The molecular weight excluding hydrogens is 410 g/mol. The molecule has 1 aromatic heterocycles. The lowest BCUT2D eigenvalue weighted by Crippen LogP contribution is -2.38. The van der Waals surface area contributed by atoms with Gasteiger partial charge in [0.1, 0.15) is 18.2 Å². The molecule has 170 valence electrons. The molecule has 0 amide bonds. The van der Waals surface area contributed by atoms with Crippen molar-refractivity contribution in [1.29, 1.82) is 5.26 Å². The molecule has 3 heterocycles. The summed E-state index contributed by atoms with van der Waals surface area (Å²) in [4.78, 5) is 2.31. The summed E-state index contributed by atoms with van der Waals surface area (Å²) in [6.45, 7) is 6.82. The second kappa shape index (κ2) is 9.94. The molecule has 9 heteroatoms. The molecule has 1 saturated heterocycles. The number of methoxy groups -OCH3 is 1. The van der Waals surface area contributed by atoms with Crippen molar-refractivity contribution in [2.45, 2.75) is 25.7 Å². The van der Waals surface area contributed by atoms with Gasteiger partial charge >= 0.3 is 0 Å². The van der Waals surface area contributed by atoms with E-state index in [2.05, 4.69) is 28.1 Å². The van der Waals surface area contributed by atoms with E-state index in [0.29, 0.717) is 29.6 Å². The average molecular weight is 440 g/mol. The van der Waals surface area contributed by atoms with Crippen LogP contribution in [0.5, 0.6) is 17.4 Å². The second-order valence-electron chi connectivity index (χ2n) is 7.81. The average Bonchev–Trinajstić information content (AvgIpc) is 3.21. The van der Waals surface area contributed by atoms with Crippen molar-refractivity contribution < 1.29 is 18.9 Å². The predicted octanol–water partition coefficient (Wildman–Crippen LogP) is 2.30. The van der Waals surface area contributed by atoms with E-state index in [4.69, 9.17) is 24.7 Å². The molecule has 0 spiro atoms. The fourth-order valence-corrected chi connectivity index (χ4v) is 4.18. The van der Waals surface area contributed by atoms with Crippen LogP contribution in [0.25, 0.3) is 0 Å². The number of benzene rings is 1. The third kappa shape index (κ3) is 4.38. The first-order valence-electron chi connectivity index (χ1n) is 10.9. The van der Waals surface area contributed by atoms with Crippen LogP contribution >= 0.6 is 0 Å². The maximum Gasteiger partial charge on any atom is 0.244 e. The van der Waals surface area contributed by atoms with Crippen LogP contribution in [0.1, 0.15) is 36.1 Å². The highest BCUT2D eigenvalue weighted by atomic mass is 16.5. The van der Waals surface area contributed by atoms with E-state index < -0.39 is 0 Å². The molecule has 3 N–H and O–H groups in total. The van der Waals surface area contributed by atoms with E-state index in [1.54, 1.807) is 7.11 Å². The molecule has 2 aliphatic heterocycles. The normalized spacial score (nSPS) is 18.6. The first-order chi connectivity index (χ1) is 15.7. The summed E-state index contributed by atoms with van der Waals surface area (Å²) in [5, 5.41) is 17.2. The van der Waals surface area contributed by atoms with Crippen LogP contribution < -0.4 is 19.9 Å². The molecule has 1 aromatic carbocycles. The summed E-state index contributed by atoms with van der Waals surface area (Å²) < 4.78 is 22.6. The smallest absolute Gasteiger partial charge is 0.244 e. The van der Waals surface area contributed by atoms with E-state index in [1.165, 1.54) is 0 Å². The van der Waals surface area contributed by atoms with Crippen molar-refractivity contribution in [1.82, 2.24) is 15.1 Å². The number of nitrogens with zero attached hydrogens (tertiary/aromatic N) is 3. The van der Waals surface area contributed by atoms with Gasteiger partial charge in [-0.2, -0.15) is 5.26 Å². The minimum absolute atomic E-state index is 0.0735. The van der Waals surface area contributed by atoms with Crippen LogP contribution in [0.2, 0.25) is 0 Å². The Hall–Kier alpha value is -3.22. The standard InChI is InChI=1S/C23H29N5O4/c1-3-4-17-21-20(16(14-24)22(25)32-23(21)27-26-17)15-5-6-18(19(13-15)29-2)31-12-9-28-7-10-30-11-8-28/h5-6,13,20H,3-4,7-12,25H2,1-2H3,(H,26,27)/t20-/m0/s1. The van der Waals surface area contributed by atoms with Crippen molar-refractivity contribution >= 4 is 0 Å². The maximum absolute atomic E-state index is 9.83. The first-order valence-corrected chi connectivity index (χ1v) is 10.9. The van der Waals surface area contributed by atoms with Crippen molar-refractivity contribution in [3.8, 4) is 23.4 Å². The largest absolute Gasteiger partial charge is 0.493 e. The number of rotatable bonds is 8. The lowest BCUT2D eigenvalue weighted by atomic mass is 9.83. The Balaban J connectivity index is 1.60. The van der Waals surface area contributed by atoms with E-state index in [-0.39, 0.29) is 11.8 Å². The number of hydrogen-bond donors (Lipinski definition) is 2. The number of nitrogens with one attached hydrogen (secondary N) is 1. The van der Waals surface area contributed by atoms with Crippen LogP contribution in [0.3, 0.4) is 0 Å². The summed E-state index contributed by atoms with van der Waals surface area (Å²) >= 11 is 0. The fraction of sp³-hybridized carbons (Fsp3) is 0.478. The lowest BCUT2D eigenvalue weighted by molar-refractivity contribution is 0.0321. The fourth-order valence-electron chi connectivity index (χ4n) is 4.18. The van der Waals surface area contributed by atoms with Crippen LogP contribution in [-0.4, -0.2) is 61.7 Å². The molecule has 2 aromatic rings. The maximum atomic E-state index is 9.83. The highest BCUT2D eigenvalue weighted by molar-refractivity contribution is 5.57.